The lowest BCUT2D eigenvalue weighted by molar-refractivity contribution is -0.121. The Morgan fingerprint density at radius 3 is 2.43 bits per heavy atom. The molecule has 2 aromatic carbocycles. The van der Waals surface area contributed by atoms with Crippen LogP contribution < -0.4 is 38.2 Å². The summed E-state index contributed by atoms with van der Waals surface area (Å²) in [4.78, 5) is 44.1. The van der Waals surface area contributed by atoms with Crippen molar-refractivity contribution in [1.29, 1.82) is 0 Å². The number of nitrogens with zero attached hydrogens (tertiary/aromatic N) is 1. The van der Waals surface area contributed by atoms with Gasteiger partial charge in [0.05, 0.1) is 45.1 Å². The second-order valence-corrected chi connectivity index (χ2v) is 11.7. The van der Waals surface area contributed by atoms with E-state index in [1.165, 1.54) is 0 Å². The first kappa shape index (κ1) is 33.3. The average Bonchev–Trinajstić information content (AvgIpc) is 3.56. The number of ether oxygens (including phenoxy) is 2. The highest BCUT2D eigenvalue weighted by Gasteiger charge is 2.42. The van der Waals surface area contributed by atoms with Crippen molar-refractivity contribution >= 4 is 57.7 Å². The van der Waals surface area contributed by atoms with E-state index in [-0.39, 0.29) is 42.5 Å². The second-order valence-electron chi connectivity index (χ2n) is 10.4. The van der Waals surface area contributed by atoms with E-state index in [0.717, 1.165) is 41.5 Å². The van der Waals surface area contributed by atoms with Crippen LogP contribution in [0.15, 0.2) is 41.4 Å². The fraction of sp³-hybridized carbons (Fsp3) is 0.517. The number of carbonyl (C=O) groups is 3. The van der Waals surface area contributed by atoms with Crippen molar-refractivity contribution < 1.29 is 28.7 Å². The number of hydrogen-bond donors (Lipinski definition) is 7. The number of anilines is 2. The molecule has 2 heterocycles. The van der Waals surface area contributed by atoms with Gasteiger partial charge in [0.25, 0.3) is 5.91 Å². The minimum absolute atomic E-state index is 0.0232. The van der Waals surface area contributed by atoms with Crippen LogP contribution in [0.25, 0.3) is 10.8 Å². The highest BCUT2D eigenvalue weighted by molar-refractivity contribution is 8.00. The Bertz CT molecular complexity index is 1300. The van der Waals surface area contributed by atoms with Gasteiger partial charge in [0, 0.05) is 46.1 Å². The maximum atomic E-state index is 12.1. The molecule has 9 N–H and O–H groups in total. The van der Waals surface area contributed by atoms with Gasteiger partial charge in [0.1, 0.15) is 6.61 Å². The molecule has 0 aliphatic carbocycles. The molecule has 0 radical (unpaired) electrons. The van der Waals surface area contributed by atoms with Crippen LogP contribution in [0.3, 0.4) is 0 Å². The Morgan fingerprint density at radius 1 is 0.955 bits per heavy atom. The third kappa shape index (κ3) is 10.2. The van der Waals surface area contributed by atoms with Gasteiger partial charge in [0.2, 0.25) is 5.91 Å². The summed E-state index contributed by atoms with van der Waals surface area (Å²) in [5, 5.41) is 16.8. The van der Waals surface area contributed by atoms with Crippen molar-refractivity contribution in [1.82, 2.24) is 16.0 Å². The van der Waals surface area contributed by atoms with Crippen molar-refractivity contribution in [2.24, 2.45) is 16.6 Å². The molecule has 2 aliphatic heterocycles. The third-order valence-corrected chi connectivity index (χ3v) is 8.72. The first-order valence-electron chi connectivity index (χ1n) is 14.8. The fourth-order valence-electron chi connectivity index (χ4n) is 5.15. The summed E-state index contributed by atoms with van der Waals surface area (Å²) in [6, 6.07) is 11.5. The van der Waals surface area contributed by atoms with Gasteiger partial charge in [-0.05, 0) is 25.0 Å². The maximum absolute atomic E-state index is 12.1. The molecule has 3 unspecified atom stereocenters. The molecule has 0 saturated carbocycles. The van der Waals surface area contributed by atoms with E-state index < -0.39 is 0 Å². The molecule has 44 heavy (non-hydrogen) atoms. The molecule has 2 aliphatic rings. The first-order valence-corrected chi connectivity index (χ1v) is 15.8. The van der Waals surface area contributed by atoms with Gasteiger partial charge in [-0.15, -0.1) is 0 Å². The fourth-order valence-corrected chi connectivity index (χ4v) is 6.69. The van der Waals surface area contributed by atoms with E-state index in [0.29, 0.717) is 56.9 Å². The van der Waals surface area contributed by atoms with Gasteiger partial charge < -0.3 is 41.8 Å². The summed E-state index contributed by atoms with van der Waals surface area (Å²) in [7, 11) is 0. The van der Waals surface area contributed by atoms with E-state index >= 15 is 0 Å². The van der Waals surface area contributed by atoms with Crippen LogP contribution in [0, 0.1) is 0 Å². The van der Waals surface area contributed by atoms with Crippen molar-refractivity contribution in [3.05, 3.63) is 36.4 Å². The summed E-state index contributed by atoms with van der Waals surface area (Å²) < 4.78 is 11.1. The molecule has 4 amide bonds. The van der Waals surface area contributed by atoms with Crippen molar-refractivity contribution in [2.75, 3.05) is 62.5 Å². The quantitative estimate of drug-likeness (QED) is 0.0413. The summed E-state index contributed by atoms with van der Waals surface area (Å²) in [5.41, 5.74) is 7.45. The molecule has 14 nitrogen and oxygen atoms in total. The highest BCUT2D eigenvalue weighted by atomic mass is 32.2. The smallest absolute Gasteiger partial charge is 0.315 e. The van der Waals surface area contributed by atoms with E-state index in [1.54, 1.807) is 6.07 Å². The van der Waals surface area contributed by atoms with Crippen LogP contribution in [-0.2, 0) is 23.9 Å². The molecule has 0 bridgehead atoms. The van der Waals surface area contributed by atoms with Gasteiger partial charge in [-0.3, -0.25) is 19.4 Å². The van der Waals surface area contributed by atoms with Crippen molar-refractivity contribution in [3.8, 4) is 0 Å². The molecular weight excluding hydrogens is 588 g/mol. The van der Waals surface area contributed by atoms with E-state index in [2.05, 4.69) is 36.4 Å². The van der Waals surface area contributed by atoms with Crippen LogP contribution in [0.4, 0.5) is 16.2 Å². The zero-order valence-electron chi connectivity index (χ0n) is 24.6. The molecule has 15 heteroatoms. The minimum Gasteiger partial charge on any atom is -0.377 e. The van der Waals surface area contributed by atoms with Crippen molar-refractivity contribution in [2.45, 2.75) is 43.0 Å². The Morgan fingerprint density at radius 2 is 1.68 bits per heavy atom. The monoisotopic (exact) mass is 630 g/mol. The molecule has 4 rings (SSSR count). The number of carbonyl (C=O) groups excluding carboxylic acids is 3. The number of unbranched alkanes of at least 4 members (excludes halogenated alkanes) is 1. The van der Waals surface area contributed by atoms with E-state index in [9.17, 15) is 14.4 Å². The maximum Gasteiger partial charge on any atom is 0.315 e. The normalized spacial score (nSPS) is 19.3. The molecule has 3 atom stereocenters. The Balaban J connectivity index is 1.01. The number of aliphatic imine (C=N–C) groups is 1. The van der Waals surface area contributed by atoms with Gasteiger partial charge in [0.15, 0.2) is 5.96 Å². The Hall–Kier alpha value is -3.63. The summed E-state index contributed by atoms with van der Waals surface area (Å²) in [6.45, 7) is 2.18. The highest BCUT2D eigenvalue weighted by Crippen LogP contribution is 2.33. The number of benzene rings is 2. The SMILES string of the molecule is NOCC(=O)Nc1cccc2c(NC(N)=NCCOCCOCCNC(=O)CCCCC3SCC4NC(=O)NC43)cccc12. The molecule has 2 saturated heterocycles. The molecule has 0 aromatic heterocycles. The molecule has 2 aromatic rings. The molecule has 2 fully saturated rings. The number of thioether (sulfide) groups is 1. The van der Waals surface area contributed by atoms with Crippen molar-refractivity contribution in [3.63, 3.8) is 0 Å². The number of amides is 4. The number of nitrogens with two attached hydrogens (primary N) is 2. The second kappa shape index (κ2) is 17.6. The molecule has 0 spiro atoms. The first-order chi connectivity index (χ1) is 21.4. The number of nitrogens with one attached hydrogen (secondary N) is 5. The largest absolute Gasteiger partial charge is 0.377 e. The van der Waals surface area contributed by atoms with Crippen LogP contribution >= 0.6 is 11.8 Å². The summed E-state index contributed by atoms with van der Waals surface area (Å²) >= 11 is 1.89. The number of hydrogen-bond acceptors (Lipinski definition) is 9. The van der Waals surface area contributed by atoms with Gasteiger partial charge in [-0.25, -0.2) is 10.7 Å². The molecular formula is C29H42N8O6S. The van der Waals surface area contributed by atoms with E-state index in [1.807, 2.05) is 42.1 Å². The van der Waals surface area contributed by atoms with Crippen LogP contribution in [0.5, 0.6) is 0 Å². The predicted molar refractivity (Wildman–Crippen MR) is 171 cm³/mol. The van der Waals surface area contributed by atoms with Crippen LogP contribution in [-0.4, -0.2) is 93.0 Å². The Kier molecular flexibility index (Phi) is 13.3. The summed E-state index contributed by atoms with van der Waals surface area (Å²) in [5.74, 6) is 5.84. The van der Waals surface area contributed by atoms with Gasteiger partial charge in [-0.2, -0.15) is 11.8 Å². The number of guanidine groups is 1. The molecule has 240 valence electrons. The number of urea groups is 1. The Labute approximate surface area is 260 Å². The lowest BCUT2D eigenvalue weighted by atomic mass is 10.0. The van der Waals surface area contributed by atoms with E-state index in [4.69, 9.17) is 21.1 Å². The summed E-state index contributed by atoms with van der Waals surface area (Å²) in [6.07, 6.45) is 3.27. The lowest BCUT2D eigenvalue weighted by Crippen LogP contribution is -2.36. The topological polar surface area (TPSA) is 203 Å². The zero-order chi connectivity index (χ0) is 31.1. The standard InChI is InChI=1S/C29H42N8O6S/c30-28(35-22-8-4-5-19-20(22)6-3-7-21(19)34-26(39)17-43-31)33-12-14-42-16-15-41-13-11-32-25(38)10-2-1-9-24-27-23(18-44-24)36-29(40)37-27/h3-8,23-24,27H,1-2,9-18,31H2,(H,32,38)(H,34,39)(H3,30,33,35)(H2,36,37,40). The number of fused-ring (bicyclic) bond motifs is 2. The lowest BCUT2D eigenvalue weighted by Gasteiger charge is -2.16. The predicted octanol–water partition coefficient (Wildman–Crippen LogP) is 1.27. The third-order valence-electron chi connectivity index (χ3n) is 7.21. The van der Waals surface area contributed by atoms with Gasteiger partial charge in [-0.1, -0.05) is 30.7 Å². The van der Waals surface area contributed by atoms with Crippen LogP contribution in [0.1, 0.15) is 25.7 Å². The van der Waals surface area contributed by atoms with Gasteiger partial charge >= 0.3 is 6.03 Å². The minimum atomic E-state index is -0.355. The number of rotatable bonds is 18. The zero-order valence-corrected chi connectivity index (χ0v) is 25.5. The van der Waals surface area contributed by atoms with Crippen LogP contribution in [0.2, 0.25) is 0 Å². The average molecular weight is 631 g/mol.